The molecule has 170 valence electrons. The molecule has 7 nitrogen and oxygen atoms in total. The number of carbonyl (C=O) groups is 1. The molecule has 4 rings (SSSR count). The summed E-state index contributed by atoms with van der Waals surface area (Å²) in [6.07, 6.45) is 1.68. The summed E-state index contributed by atoms with van der Waals surface area (Å²) < 4.78 is 10.00. The van der Waals surface area contributed by atoms with Crippen molar-refractivity contribution in [2.75, 3.05) is 5.32 Å². The van der Waals surface area contributed by atoms with Gasteiger partial charge in [-0.3, -0.25) is 9.48 Å². The highest BCUT2D eigenvalue weighted by molar-refractivity contribution is 9.10. The zero-order chi connectivity index (χ0) is 23.5. The molecule has 0 fully saturated rings. The van der Waals surface area contributed by atoms with Crippen molar-refractivity contribution in [3.63, 3.8) is 0 Å². The Balaban J connectivity index is 1.42. The Morgan fingerprint density at radius 1 is 1.12 bits per heavy atom. The van der Waals surface area contributed by atoms with E-state index in [1.54, 1.807) is 24.4 Å². The number of hydrogen-bond acceptors (Lipinski definition) is 4. The van der Waals surface area contributed by atoms with Crippen LogP contribution < -0.4 is 10.1 Å². The normalized spacial score (nSPS) is 10.9. The molecule has 4 aromatic rings. The van der Waals surface area contributed by atoms with Crippen molar-refractivity contribution in [3.8, 4) is 5.75 Å². The van der Waals surface area contributed by atoms with Gasteiger partial charge >= 0.3 is 0 Å². The van der Waals surface area contributed by atoms with Gasteiger partial charge in [-0.2, -0.15) is 10.2 Å². The highest BCUT2D eigenvalue weighted by Gasteiger charge is 2.17. The Morgan fingerprint density at radius 2 is 1.94 bits per heavy atom. The van der Waals surface area contributed by atoms with Crippen LogP contribution in [0.25, 0.3) is 0 Å². The van der Waals surface area contributed by atoms with Gasteiger partial charge < -0.3 is 10.1 Å². The number of aryl methyl sites for hydroxylation is 2. The predicted octanol–water partition coefficient (Wildman–Crippen LogP) is 5.76. The van der Waals surface area contributed by atoms with Crippen LogP contribution in [0, 0.1) is 20.8 Å². The van der Waals surface area contributed by atoms with Crippen LogP contribution in [0.4, 0.5) is 5.69 Å². The van der Waals surface area contributed by atoms with Crippen LogP contribution in [-0.2, 0) is 13.3 Å². The Morgan fingerprint density at radius 3 is 2.70 bits per heavy atom. The average molecular weight is 529 g/mol. The van der Waals surface area contributed by atoms with Crippen LogP contribution >= 0.6 is 27.5 Å². The molecule has 1 amide bonds. The quantitative estimate of drug-likeness (QED) is 0.331. The number of halogens is 2. The van der Waals surface area contributed by atoms with Gasteiger partial charge in [-0.05, 0) is 50.6 Å². The maximum absolute atomic E-state index is 12.8. The molecule has 0 aliphatic heterocycles. The minimum atomic E-state index is -0.309. The van der Waals surface area contributed by atoms with Crippen molar-refractivity contribution in [1.82, 2.24) is 19.6 Å². The first kappa shape index (κ1) is 23.1. The zero-order valence-corrected chi connectivity index (χ0v) is 20.8. The molecule has 0 aliphatic carbocycles. The summed E-state index contributed by atoms with van der Waals surface area (Å²) in [4.78, 5) is 12.8. The molecule has 33 heavy (non-hydrogen) atoms. The topological polar surface area (TPSA) is 74.0 Å². The van der Waals surface area contributed by atoms with Crippen molar-refractivity contribution in [2.24, 2.45) is 0 Å². The zero-order valence-electron chi connectivity index (χ0n) is 18.5. The van der Waals surface area contributed by atoms with Crippen LogP contribution in [0.5, 0.6) is 5.75 Å². The van der Waals surface area contributed by atoms with Crippen LogP contribution in [0.3, 0.4) is 0 Å². The SMILES string of the molecule is Cc1cccc(Cn2nc(C)c(NC(=O)c3ccn(COc4ccc(Br)cc4Cl)n3)c2C)c1. The van der Waals surface area contributed by atoms with Crippen LogP contribution in [-0.4, -0.2) is 25.5 Å². The van der Waals surface area contributed by atoms with E-state index >= 15 is 0 Å². The lowest BCUT2D eigenvalue weighted by Gasteiger charge is -2.08. The van der Waals surface area contributed by atoms with Crippen molar-refractivity contribution >= 4 is 39.1 Å². The first-order valence-corrected chi connectivity index (χ1v) is 11.5. The minimum absolute atomic E-state index is 0.126. The molecular weight excluding hydrogens is 506 g/mol. The average Bonchev–Trinajstić information content (AvgIpc) is 3.34. The smallest absolute Gasteiger partial charge is 0.276 e. The fourth-order valence-corrected chi connectivity index (χ4v) is 4.20. The maximum atomic E-state index is 12.8. The molecule has 2 aromatic carbocycles. The molecule has 0 atom stereocenters. The molecule has 0 saturated heterocycles. The molecule has 0 bridgehead atoms. The number of hydrogen-bond donors (Lipinski definition) is 1. The van der Waals surface area contributed by atoms with E-state index in [0.717, 1.165) is 21.4 Å². The maximum Gasteiger partial charge on any atom is 0.276 e. The molecule has 9 heteroatoms. The first-order valence-electron chi connectivity index (χ1n) is 10.3. The second-order valence-corrected chi connectivity index (χ2v) is 9.06. The summed E-state index contributed by atoms with van der Waals surface area (Å²) in [5.41, 5.74) is 4.97. The summed E-state index contributed by atoms with van der Waals surface area (Å²) in [6, 6.07) is 15.3. The van der Waals surface area contributed by atoms with Gasteiger partial charge in [-0.25, -0.2) is 4.68 Å². The summed E-state index contributed by atoms with van der Waals surface area (Å²) in [5, 5.41) is 12.4. The number of amides is 1. The van der Waals surface area contributed by atoms with E-state index < -0.39 is 0 Å². The van der Waals surface area contributed by atoms with Gasteiger partial charge in [0.2, 0.25) is 0 Å². The number of benzene rings is 2. The van der Waals surface area contributed by atoms with Crippen molar-refractivity contribution in [3.05, 3.63) is 92.4 Å². The number of aromatic nitrogens is 4. The van der Waals surface area contributed by atoms with Gasteiger partial charge in [0, 0.05) is 10.7 Å². The van der Waals surface area contributed by atoms with Crippen LogP contribution in [0.1, 0.15) is 33.0 Å². The third kappa shape index (κ3) is 5.46. The lowest BCUT2D eigenvalue weighted by atomic mass is 10.1. The largest absolute Gasteiger partial charge is 0.470 e. The Kier molecular flexibility index (Phi) is 6.85. The molecule has 0 radical (unpaired) electrons. The summed E-state index contributed by atoms with van der Waals surface area (Å²) in [5.74, 6) is 0.227. The third-order valence-electron chi connectivity index (χ3n) is 5.15. The van der Waals surface area contributed by atoms with E-state index in [2.05, 4.69) is 56.6 Å². The monoisotopic (exact) mass is 527 g/mol. The number of ether oxygens (including phenoxy) is 1. The van der Waals surface area contributed by atoms with E-state index in [4.69, 9.17) is 16.3 Å². The molecule has 0 aliphatic rings. The predicted molar refractivity (Wildman–Crippen MR) is 132 cm³/mol. The Hall–Kier alpha value is -3.10. The molecule has 2 heterocycles. The van der Waals surface area contributed by atoms with Gasteiger partial charge in [0.1, 0.15) is 5.75 Å². The van der Waals surface area contributed by atoms with E-state index in [9.17, 15) is 4.79 Å². The van der Waals surface area contributed by atoms with Crippen LogP contribution in [0.15, 0.2) is 59.2 Å². The molecular formula is C24H23BrClN5O2. The third-order valence-corrected chi connectivity index (χ3v) is 5.94. The standard InChI is InChI=1S/C24H23BrClN5O2/c1-15-5-4-6-18(11-15)13-31-17(3)23(16(2)28-31)27-24(32)21-9-10-30(29-21)14-33-22-8-7-19(25)12-20(22)26/h4-12H,13-14H2,1-3H3,(H,27,32). The summed E-state index contributed by atoms with van der Waals surface area (Å²) >= 11 is 9.54. The summed E-state index contributed by atoms with van der Waals surface area (Å²) in [6.45, 7) is 6.65. The molecule has 2 aromatic heterocycles. The Labute approximate surface area is 205 Å². The Bertz CT molecular complexity index is 1310. The lowest BCUT2D eigenvalue weighted by Crippen LogP contribution is -2.15. The highest BCUT2D eigenvalue weighted by Crippen LogP contribution is 2.28. The second-order valence-electron chi connectivity index (χ2n) is 7.74. The van der Waals surface area contributed by atoms with Gasteiger partial charge in [-0.1, -0.05) is 57.4 Å². The highest BCUT2D eigenvalue weighted by atomic mass is 79.9. The number of nitrogens with zero attached hydrogens (tertiary/aromatic N) is 4. The number of anilines is 1. The van der Waals surface area contributed by atoms with Crippen molar-refractivity contribution in [2.45, 2.75) is 34.0 Å². The number of rotatable bonds is 7. The van der Waals surface area contributed by atoms with Gasteiger partial charge in [0.15, 0.2) is 12.4 Å². The van der Waals surface area contributed by atoms with Crippen molar-refractivity contribution in [1.29, 1.82) is 0 Å². The first-order chi connectivity index (χ1) is 15.8. The van der Waals surface area contributed by atoms with Gasteiger partial charge in [0.05, 0.1) is 28.6 Å². The fraction of sp³-hybridized carbons (Fsp3) is 0.208. The summed E-state index contributed by atoms with van der Waals surface area (Å²) in [7, 11) is 0. The van der Waals surface area contributed by atoms with E-state index in [1.165, 1.54) is 10.2 Å². The molecule has 0 unspecified atom stereocenters. The fourth-order valence-electron chi connectivity index (χ4n) is 3.48. The number of carbonyl (C=O) groups excluding carboxylic acids is 1. The minimum Gasteiger partial charge on any atom is -0.470 e. The van der Waals surface area contributed by atoms with Crippen molar-refractivity contribution < 1.29 is 9.53 Å². The van der Waals surface area contributed by atoms with E-state index in [-0.39, 0.29) is 18.3 Å². The van der Waals surface area contributed by atoms with Gasteiger partial charge in [-0.15, -0.1) is 0 Å². The van der Waals surface area contributed by atoms with E-state index in [0.29, 0.717) is 23.0 Å². The number of nitrogens with one attached hydrogen (secondary N) is 1. The van der Waals surface area contributed by atoms with E-state index in [1.807, 2.05) is 30.7 Å². The second kappa shape index (κ2) is 9.80. The molecule has 0 saturated carbocycles. The molecule has 1 N–H and O–H groups in total. The van der Waals surface area contributed by atoms with Gasteiger partial charge in [0.25, 0.3) is 5.91 Å². The van der Waals surface area contributed by atoms with Crippen LogP contribution in [0.2, 0.25) is 5.02 Å². The lowest BCUT2D eigenvalue weighted by molar-refractivity contribution is 0.102. The molecule has 0 spiro atoms.